The summed E-state index contributed by atoms with van der Waals surface area (Å²) in [4.78, 5) is 31.2. The van der Waals surface area contributed by atoms with Gasteiger partial charge in [-0.05, 0) is 47.9 Å². The molecule has 0 aromatic heterocycles. The third-order valence-corrected chi connectivity index (χ3v) is 6.82. The van der Waals surface area contributed by atoms with Gasteiger partial charge >= 0.3 is 0 Å². The lowest BCUT2D eigenvalue weighted by molar-refractivity contribution is -0.132. The number of hydrogen-bond donors (Lipinski definition) is 1. The van der Waals surface area contributed by atoms with Crippen molar-refractivity contribution in [2.24, 2.45) is 16.6 Å². The predicted octanol–water partition coefficient (Wildman–Crippen LogP) is 4.07. The van der Waals surface area contributed by atoms with Crippen LogP contribution in [0.1, 0.15) is 31.2 Å². The van der Waals surface area contributed by atoms with Crippen LogP contribution in [0.2, 0.25) is 5.02 Å². The number of ether oxygens (including phenoxy) is 1. The molecule has 3 aliphatic rings. The molecule has 3 unspecified atom stereocenters. The second kappa shape index (κ2) is 8.05. The summed E-state index contributed by atoms with van der Waals surface area (Å²) >= 11 is 6.06. The summed E-state index contributed by atoms with van der Waals surface area (Å²) in [5, 5.41) is 0.293. The first-order valence-electron chi connectivity index (χ1n) is 10.2. The number of hydrogen-bond acceptors (Lipinski definition) is 5. The van der Waals surface area contributed by atoms with Gasteiger partial charge in [0, 0.05) is 36.4 Å². The zero-order valence-corrected chi connectivity index (χ0v) is 18.9. The lowest BCUT2D eigenvalue weighted by atomic mass is 9.65. The van der Waals surface area contributed by atoms with Crippen LogP contribution < -0.4 is 10.5 Å². The molecule has 0 saturated heterocycles. The van der Waals surface area contributed by atoms with Crippen molar-refractivity contribution in [1.82, 2.24) is 4.90 Å². The van der Waals surface area contributed by atoms with E-state index in [4.69, 9.17) is 27.1 Å². The number of ketones is 1. The van der Waals surface area contributed by atoms with Gasteiger partial charge in [-0.15, -0.1) is 12.4 Å². The second-order valence-electron chi connectivity index (χ2n) is 8.44. The highest BCUT2D eigenvalue weighted by atomic mass is 35.5. The summed E-state index contributed by atoms with van der Waals surface area (Å²) in [5.41, 5.74) is 7.29. The second-order valence-corrected chi connectivity index (χ2v) is 8.87. The number of aliphatic imine (C=N–C) groups is 1. The van der Waals surface area contributed by atoms with Crippen LogP contribution in [0.15, 0.2) is 41.4 Å². The van der Waals surface area contributed by atoms with Gasteiger partial charge in [0.15, 0.2) is 5.96 Å². The van der Waals surface area contributed by atoms with Crippen molar-refractivity contribution in [1.29, 1.82) is 0 Å². The fourth-order valence-corrected chi connectivity index (χ4v) is 5.26. The number of carbonyl (C=O) groups is 2. The average Bonchev–Trinajstić information content (AvgIpc) is 2.71. The van der Waals surface area contributed by atoms with E-state index >= 15 is 0 Å². The number of nitrogens with two attached hydrogens (primary N) is 1. The average molecular weight is 478 g/mol. The van der Waals surface area contributed by atoms with Gasteiger partial charge in [0.1, 0.15) is 29.0 Å². The minimum atomic E-state index is -0.931. The van der Waals surface area contributed by atoms with Gasteiger partial charge in [-0.3, -0.25) is 14.5 Å². The zero-order chi connectivity index (χ0) is 21.9. The molecule has 6 nitrogen and oxygen atoms in total. The number of guanidine groups is 1. The van der Waals surface area contributed by atoms with E-state index in [1.54, 1.807) is 19.2 Å². The van der Waals surface area contributed by atoms with Crippen molar-refractivity contribution < 1.29 is 18.7 Å². The highest BCUT2D eigenvalue weighted by Gasteiger charge is 2.55. The lowest BCUT2D eigenvalue weighted by Gasteiger charge is -2.50. The van der Waals surface area contributed by atoms with E-state index in [0.29, 0.717) is 29.2 Å². The Hall–Kier alpha value is -2.64. The van der Waals surface area contributed by atoms with Gasteiger partial charge in [-0.25, -0.2) is 9.38 Å². The topological polar surface area (TPSA) is 85.0 Å². The molecule has 5 rings (SSSR count). The maximum Gasteiger partial charge on any atom is 0.231 e. The Morgan fingerprint density at radius 1 is 1.22 bits per heavy atom. The van der Waals surface area contributed by atoms with Crippen molar-refractivity contribution >= 4 is 41.7 Å². The molecule has 1 saturated carbocycles. The first-order valence-corrected chi connectivity index (χ1v) is 10.6. The fraction of sp³-hybridized carbons (Fsp3) is 0.348. The number of rotatable bonds is 1. The van der Waals surface area contributed by atoms with E-state index < -0.39 is 11.4 Å². The van der Waals surface area contributed by atoms with Gasteiger partial charge in [-0.2, -0.15) is 0 Å². The van der Waals surface area contributed by atoms with Gasteiger partial charge in [0.2, 0.25) is 5.91 Å². The van der Waals surface area contributed by atoms with E-state index in [9.17, 15) is 14.0 Å². The fourth-order valence-electron chi connectivity index (χ4n) is 5.04. The number of Topliss-reactive ketones (excluding diaryl/α,β-unsaturated/α-hetero) is 1. The maximum atomic E-state index is 14.0. The van der Waals surface area contributed by atoms with Crippen LogP contribution in [0.3, 0.4) is 0 Å². The molecule has 1 fully saturated rings. The van der Waals surface area contributed by atoms with Crippen molar-refractivity contribution in [3.05, 3.63) is 52.8 Å². The molecular formula is C23H22Cl2FN3O3. The molecule has 0 bridgehead atoms. The van der Waals surface area contributed by atoms with Crippen molar-refractivity contribution in [2.75, 3.05) is 7.05 Å². The highest BCUT2D eigenvalue weighted by Crippen LogP contribution is 2.54. The minimum absolute atomic E-state index is 0. The van der Waals surface area contributed by atoms with E-state index in [0.717, 1.165) is 11.1 Å². The highest BCUT2D eigenvalue weighted by molar-refractivity contribution is 6.30. The zero-order valence-electron chi connectivity index (χ0n) is 17.3. The van der Waals surface area contributed by atoms with Crippen LogP contribution in [0, 0.1) is 11.7 Å². The molecule has 1 spiro atoms. The molecule has 1 amide bonds. The Labute approximate surface area is 196 Å². The van der Waals surface area contributed by atoms with Gasteiger partial charge in [0.05, 0.1) is 6.42 Å². The number of carbonyl (C=O) groups excluding carboxylic acids is 2. The van der Waals surface area contributed by atoms with Crippen molar-refractivity contribution in [3.8, 4) is 16.9 Å². The molecule has 2 N–H and O–H groups in total. The van der Waals surface area contributed by atoms with Crippen molar-refractivity contribution in [3.63, 3.8) is 0 Å². The smallest absolute Gasteiger partial charge is 0.231 e. The molecule has 1 aliphatic carbocycles. The molecule has 2 aromatic rings. The third-order valence-electron chi connectivity index (χ3n) is 6.60. The molecule has 168 valence electrons. The number of fused-ring (bicyclic) bond motifs is 4. The van der Waals surface area contributed by atoms with E-state index in [2.05, 4.69) is 0 Å². The Morgan fingerprint density at radius 2 is 2.00 bits per heavy atom. The molecule has 32 heavy (non-hydrogen) atoms. The Morgan fingerprint density at radius 3 is 2.72 bits per heavy atom. The quantitative estimate of drug-likeness (QED) is 0.670. The van der Waals surface area contributed by atoms with Crippen LogP contribution in [0.4, 0.5) is 4.39 Å². The third kappa shape index (κ3) is 3.53. The monoisotopic (exact) mass is 477 g/mol. The SMILES string of the molecule is CN1C(=O)CC2(N=C1N)c1cc(-c3cc(F)cc(Cl)c3)ccc1OC1CC(=O)CCC12.Cl. The Balaban J connectivity index is 0.00000245. The molecule has 0 radical (unpaired) electrons. The summed E-state index contributed by atoms with van der Waals surface area (Å²) in [6, 6.07) is 9.81. The molecular weight excluding hydrogens is 456 g/mol. The van der Waals surface area contributed by atoms with E-state index in [-0.39, 0.29) is 54.9 Å². The van der Waals surface area contributed by atoms with Crippen LogP contribution in [-0.4, -0.2) is 35.7 Å². The minimum Gasteiger partial charge on any atom is -0.489 e. The summed E-state index contributed by atoms with van der Waals surface area (Å²) in [5.74, 6) is 0.0985. The number of nitrogens with zero attached hydrogens (tertiary/aromatic N) is 2. The van der Waals surface area contributed by atoms with E-state index in [1.165, 1.54) is 17.0 Å². The summed E-state index contributed by atoms with van der Waals surface area (Å²) in [6.45, 7) is 0. The summed E-state index contributed by atoms with van der Waals surface area (Å²) < 4.78 is 20.2. The lowest BCUT2D eigenvalue weighted by Crippen LogP contribution is -2.57. The Bertz CT molecular complexity index is 1140. The normalized spacial score (nSPS) is 26.6. The first-order chi connectivity index (χ1) is 14.8. The maximum absolute atomic E-state index is 14.0. The standard InChI is InChI=1S/C23H21ClFN3O3.ClH/c1-28-21(30)11-23(27-22(28)26)17-4-3-16(29)10-20(17)31-19-5-2-12(8-18(19)23)13-6-14(24)9-15(25)7-13;/h2,5-9,17,20H,3-4,10-11H2,1H3,(H2,26,27);1H. The van der Waals surface area contributed by atoms with E-state index in [1.807, 2.05) is 12.1 Å². The number of benzene rings is 2. The first kappa shape index (κ1) is 22.6. The molecule has 2 aliphatic heterocycles. The summed E-state index contributed by atoms with van der Waals surface area (Å²) in [7, 11) is 1.60. The Kier molecular flexibility index (Phi) is 5.67. The molecule has 2 aromatic carbocycles. The van der Waals surface area contributed by atoms with Crippen LogP contribution in [0.5, 0.6) is 5.75 Å². The predicted molar refractivity (Wildman–Crippen MR) is 122 cm³/mol. The largest absolute Gasteiger partial charge is 0.489 e. The van der Waals surface area contributed by atoms with Gasteiger partial charge in [0.25, 0.3) is 0 Å². The van der Waals surface area contributed by atoms with Crippen LogP contribution in [0.25, 0.3) is 11.1 Å². The van der Waals surface area contributed by atoms with Crippen molar-refractivity contribution in [2.45, 2.75) is 37.3 Å². The van der Waals surface area contributed by atoms with Crippen LogP contribution >= 0.6 is 24.0 Å². The number of amides is 1. The molecule has 9 heteroatoms. The van der Waals surface area contributed by atoms with Gasteiger partial charge in [-0.1, -0.05) is 17.7 Å². The van der Waals surface area contributed by atoms with Gasteiger partial charge < -0.3 is 10.5 Å². The molecule has 3 atom stereocenters. The van der Waals surface area contributed by atoms with Crippen LogP contribution in [-0.2, 0) is 15.1 Å². The number of halogens is 3. The molecule has 2 heterocycles. The summed E-state index contributed by atoms with van der Waals surface area (Å²) in [6.07, 6.45) is 1.03.